The first kappa shape index (κ1) is 14.2. The summed E-state index contributed by atoms with van der Waals surface area (Å²) in [4.78, 5) is 12.1. The van der Waals surface area contributed by atoms with Gasteiger partial charge in [0, 0.05) is 11.8 Å². The molecule has 2 aromatic carbocycles. The fourth-order valence-corrected chi connectivity index (χ4v) is 2.58. The maximum absolute atomic E-state index is 12.3. The van der Waals surface area contributed by atoms with Gasteiger partial charge in [-0.25, -0.2) is 8.42 Å². The Hall–Kier alpha value is -2.20. The van der Waals surface area contributed by atoms with E-state index >= 15 is 0 Å². The van der Waals surface area contributed by atoms with Crippen molar-refractivity contribution < 1.29 is 13.2 Å². The molecule has 0 saturated heterocycles. The van der Waals surface area contributed by atoms with Gasteiger partial charge in [0.1, 0.15) is 4.91 Å². The summed E-state index contributed by atoms with van der Waals surface area (Å²) in [7, 11) is -3.60. The fraction of sp³-hybridized carbons (Fsp3) is 0.0625. The maximum atomic E-state index is 12.3. The van der Waals surface area contributed by atoms with Gasteiger partial charge in [0.05, 0.1) is 0 Å². The summed E-state index contributed by atoms with van der Waals surface area (Å²) >= 11 is 0. The van der Waals surface area contributed by atoms with Gasteiger partial charge in [-0.3, -0.25) is 4.79 Å². The van der Waals surface area contributed by atoms with Gasteiger partial charge in [-0.1, -0.05) is 60.7 Å². The molecule has 0 unspecified atom stereocenters. The van der Waals surface area contributed by atoms with E-state index in [2.05, 4.69) is 0 Å². The van der Waals surface area contributed by atoms with Crippen LogP contribution in [-0.2, 0) is 9.84 Å². The van der Waals surface area contributed by atoms with Crippen LogP contribution in [0.2, 0.25) is 0 Å². The summed E-state index contributed by atoms with van der Waals surface area (Å²) in [6, 6.07) is 17.3. The minimum absolute atomic E-state index is 0.199. The van der Waals surface area contributed by atoms with Crippen LogP contribution in [0, 0.1) is 0 Å². The zero-order valence-corrected chi connectivity index (χ0v) is 11.8. The largest absolute Gasteiger partial charge is 0.288 e. The molecule has 0 spiro atoms. The molecule has 2 rings (SSSR count). The Morgan fingerprint density at radius 1 is 0.900 bits per heavy atom. The first-order chi connectivity index (χ1) is 9.48. The summed E-state index contributed by atoms with van der Waals surface area (Å²) in [5.41, 5.74) is 1.04. The zero-order valence-electron chi connectivity index (χ0n) is 11.0. The third-order valence-electron chi connectivity index (χ3n) is 2.76. The van der Waals surface area contributed by atoms with Crippen molar-refractivity contribution in [2.45, 2.75) is 0 Å². The van der Waals surface area contributed by atoms with E-state index in [0.29, 0.717) is 11.1 Å². The van der Waals surface area contributed by atoms with Gasteiger partial charge in [-0.05, 0) is 11.6 Å². The molecule has 0 saturated carbocycles. The molecule has 0 bridgehead atoms. The molecule has 0 radical (unpaired) electrons. The first-order valence-corrected chi connectivity index (χ1v) is 7.94. The molecule has 0 N–H and O–H groups in total. The van der Waals surface area contributed by atoms with Crippen molar-refractivity contribution in [2.75, 3.05) is 6.26 Å². The number of ketones is 1. The lowest BCUT2D eigenvalue weighted by molar-refractivity contribution is 0.104. The van der Waals surface area contributed by atoms with Crippen LogP contribution >= 0.6 is 0 Å². The van der Waals surface area contributed by atoms with E-state index in [1.54, 1.807) is 54.6 Å². The van der Waals surface area contributed by atoms with Crippen molar-refractivity contribution in [2.24, 2.45) is 0 Å². The second-order valence-electron chi connectivity index (χ2n) is 4.39. The summed E-state index contributed by atoms with van der Waals surface area (Å²) < 4.78 is 23.7. The minimum Gasteiger partial charge on any atom is -0.288 e. The molecule has 0 aromatic heterocycles. The van der Waals surface area contributed by atoms with E-state index in [0.717, 1.165) is 6.26 Å². The standard InChI is InChI=1S/C16H14O3S/c1-20(18,19)15(12-13-8-4-2-5-9-13)16(17)14-10-6-3-7-11-14/h2-12H,1H3. The highest BCUT2D eigenvalue weighted by Gasteiger charge is 2.21. The SMILES string of the molecule is CS(=O)(=O)C(=Cc1ccccc1)C(=O)c1ccccc1. The molecule has 102 valence electrons. The summed E-state index contributed by atoms with van der Waals surface area (Å²) in [5, 5.41) is 0. The van der Waals surface area contributed by atoms with Crippen LogP contribution in [0.3, 0.4) is 0 Å². The average Bonchev–Trinajstić information content (AvgIpc) is 2.45. The van der Waals surface area contributed by atoms with Crippen molar-refractivity contribution in [3.8, 4) is 0 Å². The molecule has 0 amide bonds. The molecule has 0 heterocycles. The molecule has 3 nitrogen and oxygen atoms in total. The van der Waals surface area contributed by atoms with Crippen molar-refractivity contribution in [3.05, 3.63) is 76.7 Å². The third-order valence-corrected chi connectivity index (χ3v) is 3.86. The molecule has 0 atom stereocenters. The Labute approximate surface area is 118 Å². The van der Waals surface area contributed by atoms with E-state index < -0.39 is 15.6 Å². The third kappa shape index (κ3) is 3.42. The average molecular weight is 286 g/mol. The Morgan fingerprint density at radius 3 is 1.90 bits per heavy atom. The van der Waals surface area contributed by atoms with Crippen molar-refractivity contribution >= 4 is 21.7 Å². The van der Waals surface area contributed by atoms with Gasteiger partial charge >= 0.3 is 0 Å². The molecular formula is C16H14O3S. The van der Waals surface area contributed by atoms with Crippen molar-refractivity contribution in [1.82, 2.24) is 0 Å². The molecule has 0 aliphatic heterocycles. The topological polar surface area (TPSA) is 51.2 Å². The number of Topliss-reactive ketones (excluding diaryl/α,β-unsaturated/α-hetero) is 1. The fourth-order valence-electron chi connectivity index (χ4n) is 1.77. The smallest absolute Gasteiger partial charge is 0.204 e. The van der Waals surface area contributed by atoms with E-state index in [9.17, 15) is 13.2 Å². The predicted octanol–water partition coefficient (Wildman–Crippen LogP) is 2.96. The van der Waals surface area contributed by atoms with Gasteiger partial charge in [0.2, 0.25) is 5.78 Å². The number of benzene rings is 2. The molecule has 0 fully saturated rings. The number of hydrogen-bond acceptors (Lipinski definition) is 3. The Kier molecular flexibility index (Phi) is 4.15. The summed E-state index contributed by atoms with van der Waals surface area (Å²) in [6.45, 7) is 0. The Morgan fingerprint density at radius 2 is 1.40 bits per heavy atom. The maximum Gasteiger partial charge on any atom is 0.204 e. The molecule has 0 aliphatic rings. The number of carbonyl (C=O) groups is 1. The predicted molar refractivity (Wildman–Crippen MR) is 80.0 cm³/mol. The lowest BCUT2D eigenvalue weighted by Crippen LogP contribution is -2.12. The van der Waals surface area contributed by atoms with Crippen LogP contribution in [0.4, 0.5) is 0 Å². The molecule has 20 heavy (non-hydrogen) atoms. The van der Waals surface area contributed by atoms with E-state index in [-0.39, 0.29) is 4.91 Å². The number of sulfone groups is 1. The molecule has 0 aliphatic carbocycles. The zero-order chi connectivity index (χ0) is 14.6. The van der Waals surface area contributed by atoms with Gasteiger partial charge in [0.25, 0.3) is 0 Å². The van der Waals surface area contributed by atoms with Crippen LogP contribution in [0.15, 0.2) is 65.6 Å². The van der Waals surface area contributed by atoms with Gasteiger partial charge in [0.15, 0.2) is 9.84 Å². The lowest BCUT2D eigenvalue weighted by Gasteiger charge is -2.05. The first-order valence-electron chi connectivity index (χ1n) is 6.05. The monoisotopic (exact) mass is 286 g/mol. The second-order valence-corrected chi connectivity index (χ2v) is 6.37. The Bertz CT molecular complexity index is 730. The van der Waals surface area contributed by atoms with Gasteiger partial charge in [-0.2, -0.15) is 0 Å². The number of hydrogen-bond donors (Lipinski definition) is 0. The van der Waals surface area contributed by atoms with E-state index in [1.165, 1.54) is 6.08 Å². The second kappa shape index (κ2) is 5.84. The van der Waals surface area contributed by atoms with Crippen LogP contribution < -0.4 is 0 Å². The minimum atomic E-state index is -3.60. The number of carbonyl (C=O) groups excluding carboxylic acids is 1. The van der Waals surface area contributed by atoms with Crippen molar-refractivity contribution in [3.63, 3.8) is 0 Å². The number of allylic oxidation sites excluding steroid dienone is 1. The van der Waals surface area contributed by atoms with Crippen molar-refractivity contribution in [1.29, 1.82) is 0 Å². The number of rotatable bonds is 4. The quantitative estimate of drug-likeness (QED) is 0.641. The summed E-state index contributed by atoms with van der Waals surface area (Å²) in [5.74, 6) is -0.489. The van der Waals surface area contributed by atoms with Crippen LogP contribution in [0.25, 0.3) is 6.08 Å². The highest BCUT2D eigenvalue weighted by atomic mass is 32.2. The van der Waals surface area contributed by atoms with Gasteiger partial charge < -0.3 is 0 Å². The lowest BCUT2D eigenvalue weighted by atomic mass is 10.1. The van der Waals surface area contributed by atoms with Gasteiger partial charge in [-0.15, -0.1) is 0 Å². The van der Waals surface area contributed by atoms with E-state index in [1.807, 2.05) is 6.07 Å². The molecular weight excluding hydrogens is 272 g/mol. The normalized spacial score (nSPS) is 12.2. The molecule has 4 heteroatoms. The summed E-state index contributed by atoms with van der Waals surface area (Å²) in [6.07, 6.45) is 2.45. The van der Waals surface area contributed by atoms with E-state index in [4.69, 9.17) is 0 Å². The highest BCUT2D eigenvalue weighted by Crippen LogP contribution is 2.17. The highest BCUT2D eigenvalue weighted by molar-refractivity contribution is 7.95. The van der Waals surface area contributed by atoms with Crippen LogP contribution in [0.1, 0.15) is 15.9 Å². The van der Waals surface area contributed by atoms with Crippen LogP contribution in [0.5, 0.6) is 0 Å². The Balaban J connectivity index is 2.51. The molecule has 2 aromatic rings. The van der Waals surface area contributed by atoms with Crippen LogP contribution in [-0.4, -0.2) is 20.5 Å².